The van der Waals surface area contributed by atoms with Crippen molar-refractivity contribution in [3.05, 3.63) is 30.4 Å². The molecule has 0 bridgehead atoms. The van der Waals surface area contributed by atoms with E-state index in [1.807, 2.05) is 22.9 Å². The average Bonchev–Trinajstić information content (AvgIpc) is 2.83. The van der Waals surface area contributed by atoms with E-state index in [-0.39, 0.29) is 0 Å². The SMILES string of the molecule is CC1CN(Cc2cn3cccnc3n2)CC1N. The van der Waals surface area contributed by atoms with Crippen molar-refractivity contribution in [2.24, 2.45) is 11.7 Å². The Hall–Kier alpha value is -1.46. The first-order valence-electron chi connectivity index (χ1n) is 5.99. The number of fused-ring (bicyclic) bond motifs is 1. The van der Waals surface area contributed by atoms with Gasteiger partial charge in [-0.3, -0.25) is 9.30 Å². The molecule has 1 fully saturated rings. The van der Waals surface area contributed by atoms with Crippen LogP contribution in [0.25, 0.3) is 5.78 Å². The molecule has 1 aliphatic heterocycles. The van der Waals surface area contributed by atoms with Crippen molar-refractivity contribution in [3.8, 4) is 0 Å². The third-order valence-corrected chi connectivity index (χ3v) is 3.42. The van der Waals surface area contributed by atoms with Gasteiger partial charge in [0.05, 0.1) is 5.69 Å². The Morgan fingerprint density at radius 2 is 2.35 bits per heavy atom. The zero-order valence-corrected chi connectivity index (χ0v) is 9.95. The molecule has 5 heteroatoms. The number of aromatic nitrogens is 3. The maximum Gasteiger partial charge on any atom is 0.233 e. The lowest BCUT2D eigenvalue weighted by molar-refractivity contribution is 0.315. The second-order valence-corrected chi connectivity index (χ2v) is 4.89. The van der Waals surface area contributed by atoms with Gasteiger partial charge >= 0.3 is 0 Å². The van der Waals surface area contributed by atoms with Crippen molar-refractivity contribution >= 4 is 5.78 Å². The van der Waals surface area contributed by atoms with Crippen LogP contribution in [0.15, 0.2) is 24.7 Å². The molecule has 2 aromatic heterocycles. The predicted octanol–water partition coefficient (Wildman–Crippen LogP) is 0.508. The maximum absolute atomic E-state index is 6.02. The third kappa shape index (κ3) is 2.03. The first-order valence-corrected chi connectivity index (χ1v) is 5.99. The molecule has 2 N–H and O–H groups in total. The molecule has 3 rings (SSSR count). The molecular formula is C12H17N5. The summed E-state index contributed by atoms with van der Waals surface area (Å²) in [4.78, 5) is 11.1. The summed E-state index contributed by atoms with van der Waals surface area (Å²) < 4.78 is 1.95. The molecule has 0 spiro atoms. The lowest BCUT2D eigenvalue weighted by Gasteiger charge is -2.12. The van der Waals surface area contributed by atoms with Gasteiger partial charge in [0.1, 0.15) is 0 Å². The average molecular weight is 231 g/mol. The van der Waals surface area contributed by atoms with Crippen LogP contribution in [0, 0.1) is 5.92 Å². The highest BCUT2D eigenvalue weighted by atomic mass is 15.2. The monoisotopic (exact) mass is 231 g/mol. The van der Waals surface area contributed by atoms with Crippen molar-refractivity contribution in [3.63, 3.8) is 0 Å². The van der Waals surface area contributed by atoms with Crippen LogP contribution in [0.4, 0.5) is 0 Å². The smallest absolute Gasteiger partial charge is 0.233 e. The maximum atomic E-state index is 6.02. The van der Waals surface area contributed by atoms with E-state index in [9.17, 15) is 0 Å². The van der Waals surface area contributed by atoms with Gasteiger partial charge in [0, 0.05) is 44.3 Å². The Kier molecular flexibility index (Phi) is 2.57. The molecule has 1 aliphatic rings. The van der Waals surface area contributed by atoms with E-state index in [4.69, 9.17) is 5.73 Å². The van der Waals surface area contributed by atoms with Crippen LogP contribution < -0.4 is 5.73 Å². The summed E-state index contributed by atoms with van der Waals surface area (Å²) >= 11 is 0. The molecule has 0 amide bonds. The van der Waals surface area contributed by atoms with Gasteiger partial charge in [-0.2, -0.15) is 0 Å². The highest BCUT2D eigenvalue weighted by molar-refractivity contribution is 5.29. The first kappa shape index (κ1) is 10.7. The van der Waals surface area contributed by atoms with Crippen LogP contribution in [0.5, 0.6) is 0 Å². The zero-order valence-electron chi connectivity index (χ0n) is 9.95. The fourth-order valence-corrected chi connectivity index (χ4v) is 2.41. The number of hydrogen-bond acceptors (Lipinski definition) is 4. The van der Waals surface area contributed by atoms with Gasteiger partial charge in [-0.05, 0) is 12.0 Å². The molecule has 3 heterocycles. The van der Waals surface area contributed by atoms with E-state index in [2.05, 4.69) is 21.8 Å². The van der Waals surface area contributed by atoms with E-state index in [0.717, 1.165) is 31.1 Å². The van der Waals surface area contributed by atoms with Crippen LogP contribution in [0.1, 0.15) is 12.6 Å². The van der Waals surface area contributed by atoms with Gasteiger partial charge < -0.3 is 5.73 Å². The van der Waals surface area contributed by atoms with Crippen LogP contribution in [0.2, 0.25) is 0 Å². The highest BCUT2D eigenvalue weighted by Crippen LogP contribution is 2.16. The second-order valence-electron chi connectivity index (χ2n) is 4.89. The fraction of sp³-hybridized carbons (Fsp3) is 0.500. The third-order valence-electron chi connectivity index (χ3n) is 3.42. The molecule has 2 aromatic rings. The minimum Gasteiger partial charge on any atom is -0.326 e. The normalized spacial score (nSPS) is 25.8. The number of imidazole rings is 1. The van der Waals surface area contributed by atoms with Crippen LogP contribution >= 0.6 is 0 Å². The fourth-order valence-electron chi connectivity index (χ4n) is 2.41. The summed E-state index contributed by atoms with van der Waals surface area (Å²) in [5, 5.41) is 0. The standard InChI is InChI=1S/C12H17N5/c1-9-5-16(8-11(9)13)6-10-7-17-4-2-3-14-12(17)15-10/h2-4,7,9,11H,5-6,8,13H2,1H3. The summed E-state index contributed by atoms with van der Waals surface area (Å²) in [5.74, 6) is 1.34. The number of likely N-dealkylation sites (tertiary alicyclic amines) is 1. The molecule has 0 saturated carbocycles. The minimum absolute atomic E-state index is 0.296. The van der Waals surface area contributed by atoms with E-state index >= 15 is 0 Å². The molecular weight excluding hydrogens is 214 g/mol. The molecule has 0 aromatic carbocycles. The zero-order chi connectivity index (χ0) is 11.8. The van der Waals surface area contributed by atoms with Gasteiger partial charge in [-0.25, -0.2) is 9.97 Å². The van der Waals surface area contributed by atoms with Crippen molar-refractivity contribution in [1.82, 2.24) is 19.3 Å². The van der Waals surface area contributed by atoms with Gasteiger partial charge in [-0.15, -0.1) is 0 Å². The number of rotatable bonds is 2. The Bertz CT molecular complexity index is 477. The number of nitrogens with zero attached hydrogens (tertiary/aromatic N) is 4. The Morgan fingerprint density at radius 3 is 3.06 bits per heavy atom. The summed E-state index contributed by atoms with van der Waals surface area (Å²) in [6.07, 6.45) is 5.77. The Labute approximate surface area is 100 Å². The molecule has 1 saturated heterocycles. The molecule has 90 valence electrons. The predicted molar refractivity (Wildman–Crippen MR) is 65.4 cm³/mol. The molecule has 17 heavy (non-hydrogen) atoms. The molecule has 5 nitrogen and oxygen atoms in total. The van der Waals surface area contributed by atoms with Gasteiger partial charge in [0.15, 0.2) is 0 Å². The van der Waals surface area contributed by atoms with Crippen molar-refractivity contribution in [1.29, 1.82) is 0 Å². The summed E-state index contributed by atoms with van der Waals surface area (Å²) in [5.41, 5.74) is 7.08. The van der Waals surface area contributed by atoms with E-state index < -0.39 is 0 Å². The molecule has 0 radical (unpaired) electrons. The summed E-state index contributed by atoms with van der Waals surface area (Å²) in [7, 11) is 0. The molecule has 0 aliphatic carbocycles. The lowest BCUT2D eigenvalue weighted by atomic mass is 10.1. The van der Waals surface area contributed by atoms with Crippen LogP contribution in [0.3, 0.4) is 0 Å². The molecule has 2 unspecified atom stereocenters. The van der Waals surface area contributed by atoms with Gasteiger partial charge in [0.2, 0.25) is 5.78 Å². The van der Waals surface area contributed by atoms with Crippen molar-refractivity contribution in [2.75, 3.05) is 13.1 Å². The number of nitrogens with two attached hydrogens (primary N) is 1. The second kappa shape index (κ2) is 4.09. The summed E-state index contributed by atoms with van der Waals surface area (Å²) in [6.45, 7) is 5.09. The largest absolute Gasteiger partial charge is 0.326 e. The van der Waals surface area contributed by atoms with Crippen molar-refractivity contribution < 1.29 is 0 Å². The molecule has 2 atom stereocenters. The highest BCUT2D eigenvalue weighted by Gasteiger charge is 2.26. The number of hydrogen-bond donors (Lipinski definition) is 1. The Morgan fingerprint density at radius 1 is 1.47 bits per heavy atom. The van der Waals surface area contributed by atoms with Crippen LogP contribution in [-0.2, 0) is 6.54 Å². The Balaban J connectivity index is 1.77. The lowest BCUT2D eigenvalue weighted by Crippen LogP contribution is -2.28. The van der Waals surface area contributed by atoms with Crippen LogP contribution in [-0.4, -0.2) is 38.4 Å². The van der Waals surface area contributed by atoms with Gasteiger partial charge in [0.25, 0.3) is 0 Å². The first-order chi connectivity index (χ1) is 8.22. The van der Waals surface area contributed by atoms with E-state index in [1.54, 1.807) is 6.20 Å². The van der Waals surface area contributed by atoms with Crippen molar-refractivity contribution in [2.45, 2.75) is 19.5 Å². The topological polar surface area (TPSA) is 59.5 Å². The van der Waals surface area contributed by atoms with E-state index in [0.29, 0.717) is 12.0 Å². The van der Waals surface area contributed by atoms with Gasteiger partial charge in [-0.1, -0.05) is 6.92 Å². The quantitative estimate of drug-likeness (QED) is 0.818. The minimum atomic E-state index is 0.296. The summed E-state index contributed by atoms with van der Waals surface area (Å²) in [6, 6.07) is 2.21. The van der Waals surface area contributed by atoms with E-state index in [1.165, 1.54) is 0 Å².